The Morgan fingerprint density at radius 2 is 1.97 bits per heavy atom. The third-order valence-corrected chi connectivity index (χ3v) is 6.95. The molecule has 5 rings (SSSR count). The minimum absolute atomic E-state index is 0.0232. The molecule has 0 radical (unpaired) electrons. The molecule has 0 saturated carbocycles. The fraction of sp³-hybridized carbons (Fsp3) is 0.292. The first-order valence-electron chi connectivity index (χ1n) is 10.5. The van der Waals surface area contributed by atoms with E-state index in [-0.39, 0.29) is 30.0 Å². The van der Waals surface area contributed by atoms with E-state index < -0.39 is 12.6 Å². The summed E-state index contributed by atoms with van der Waals surface area (Å²) >= 11 is 1.56. The fourth-order valence-corrected chi connectivity index (χ4v) is 5.55. The Labute approximate surface area is 197 Å². The molecule has 0 saturated heterocycles. The number of oxime groups is 1. The first kappa shape index (κ1) is 22.5. The van der Waals surface area contributed by atoms with Crippen LogP contribution < -0.4 is 9.47 Å². The second-order valence-corrected chi connectivity index (χ2v) is 9.12. The van der Waals surface area contributed by atoms with E-state index in [0.717, 1.165) is 21.7 Å². The Hall–Kier alpha value is -3.24. The lowest BCUT2D eigenvalue weighted by atomic mass is 9.80. The lowest BCUT2D eigenvalue weighted by Gasteiger charge is -2.43. The summed E-state index contributed by atoms with van der Waals surface area (Å²) in [6.45, 7) is 2.14. The minimum Gasteiger partial charge on any atom is -0.504 e. The molecule has 178 valence electrons. The minimum atomic E-state index is -4.77. The van der Waals surface area contributed by atoms with Crippen molar-refractivity contribution in [2.45, 2.75) is 38.0 Å². The van der Waals surface area contributed by atoms with Gasteiger partial charge in [-0.05, 0) is 59.3 Å². The normalized spacial score (nSPS) is 21.9. The predicted octanol–water partition coefficient (Wildman–Crippen LogP) is 5.78. The number of benzene rings is 2. The first-order valence-corrected chi connectivity index (χ1v) is 11.4. The van der Waals surface area contributed by atoms with E-state index in [4.69, 9.17) is 9.57 Å². The van der Waals surface area contributed by atoms with Crippen LogP contribution in [0.5, 0.6) is 17.2 Å². The number of rotatable bonds is 5. The second kappa shape index (κ2) is 8.52. The maximum absolute atomic E-state index is 12.8. The summed E-state index contributed by atoms with van der Waals surface area (Å²) < 4.78 is 47.8. The molecule has 1 N–H and O–H groups in total. The molecule has 2 aliphatic rings. The maximum atomic E-state index is 12.8. The molecule has 0 fully saturated rings. The Morgan fingerprint density at radius 3 is 2.68 bits per heavy atom. The van der Waals surface area contributed by atoms with Crippen molar-refractivity contribution in [3.8, 4) is 17.2 Å². The van der Waals surface area contributed by atoms with Crippen LogP contribution >= 0.6 is 11.3 Å². The number of hydrogen-bond donors (Lipinski definition) is 1. The fourth-order valence-electron chi connectivity index (χ4n) is 4.68. The Bertz CT molecular complexity index is 1230. The number of phenols is 1. The van der Waals surface area contributed by atoms with Gasteiger partial charge in [0.25, 0.3) is 0 Å². The Balaban J connectivity index is 1.61. The van der Waals surface area contributed by atoms with Crippen LogP contribution in [0, 0.1) is 0 Å². The largest absolute Gasteiger partial charge is 0.573 e. The van der Waals surface area contributed by atoms with Crippen LogP contribution in [-0.4, -0.2) is 35.4 Å². The number of thiophene rings is 1. The average Bonchev–Trinajstić information content (AvgIpc) is 3.43. The number of halogens is 3. The van der Waals surface area contributed by atoms with Gasteiger partial charge in [0, 0.05) is 11.4 Å². The van der Waals surface area contributed by atoms with Crippen molar-refractivity contribution in [1.82, 2.24) is 4.90 Å². The summed E-state index contributed by atoms with van der Waals surface area (Å²) in [6.07, 6.45) is -5.27. The van der Waals surface area contributed by atoms with Crippen LogP contribution in [0.4, 0.5) is 13.2 Å². The van der Waals surface area contributed by atoms with Gasteiger partial charge in [0.2, 0.25) is 0 Å². The molecule has 3 aromatic rings. The standard InChI is InChI=1S/C24H21F3N2O4S/c1-13-21-16-10-18(30)19(31-2)11-17(16)22(20-7-4-8-34-20)29(23(21)33-28-13)12-14-5-3-6-15(9-14)32-24(25,26)27/h3-11,21-23,30H,12H2,1-2H3/t21-,22+,23-/m1/s1. The number of methoxy groups -OCH3 is 1. The molecule has 0 spiro atoms. The molecule has 0 unspecified atom stereocenters. The van der Waals surface area contributed by atoms with Crippen LogP contribution in [0.3, 0.4) is 0 Å². The zero-order valence-corrected chi connectivity index (χ0v) is 19.1. The molecule has 10 heteroatoms. The van der Waals surface area contributed by atoms with Gasteiger partial charge >= 0.3 is 6.36 Å². The molecular weight excluding hydrogens is 469 g/mol. The number of hydrogen-bond acceptors (Lipinski definition) is 7. The van der Waals surface area contributed by atoms with Gasteiger partial charge in [-0.15, -0.1) is 24.5 Å². The number of aromatic hydroxyl groups is 1. The molecule has 0 aliphatic carbocycles. The highest BCUT2D eigenvalue weighted by Gasteiger charge is 2.48. The van der Waals surface area contributed by atoms with Crippen molar-refractivity contribution >= 4 is 17.0 Å². The lowest BCUT2D eigenvalue weighted by Crippen LogP contribution is -2.46. The number of phenolic OH excluding ortho intramolecular Hbond substituents is 1. The van der Waals surface area contributed by atoms with Crippen LogP contribution in [0.2, 0.25) is 0 Å². The van der Waals surface area contributed by atoms with E-state index >= 15 is 0 Å². The van der Waals surface area contributed by atoms with E-state index in [0.29, 0.717) is 11.3 Å². The van der Waals surface area contributed by atoms with Crippen molar-refractivity contribution in [2.24, 2.45) is 5.16 Å². The van der Waals surface area contributed by atoms with Crippen molar-refractivity contribution < 1.29 is 32.6 Å². The van der Waals surface area contributed by atoms with E-state index in [1.807, 2.05) is 30.5 Å². The third kappa shape index (κ3) is 4.07. The SMILES string of the molecule is COc1cc2c(cc1O)[C@H]1C(C)=NO[C@H]1N(Cc1cccc(OC(F)(F)F)c1)[C@@H]2c1cccs1. The molecule has 0 amide bonds. The van der Waals surface area contributed by atoms with Gasteiger partial charge in [-0.25, -0.2) is 4.90 Å². The molecule has 2 aromatic carbocycles. The molecule has 2 aliphatic heterocycles. The lowest BCUT2D eigenvalue weighted by molar-refractivity contribution is -0.274. The summed E-state index contributed by atoms with van der Waals surface area (Å²) in [7, 11) is 1.49. The van der Waals surface area contributed by atoms with Gasteiger partial charge in [0.1, 0.15) is 5.75 Å². The molecule has 3 heterocycles. The quantitative estimate of drug-likeness (QED) is 0.491. The first-order chi connectivity index (χ1) is 16.2. The van der Waals surface area contributed by atoms with Gasteiger partial charge in [-0.2, -0.15) is 0 Å². The molecule has 6 nitrogen and oxygen atoms in total. The topological polar surface area (TPSA) is 63.5 Å². The third-order valence-electron chi connectivity index (χ3n) is 6.02. The number of fused-ring (bicyclic) bond motifs is 3. The molecule has 0 bridgehead atoms. The van der Waals surface area contributed by atoms with E-state index in [2.05, 4.69) is 14.8 Å². The van der Waals surface area contributed by atoms with Crippen LogP contribution in [0.25, 0.3) is 0 Å². The Morgan fingerprint density at radius 1 is 1.15 bits per heavy atom. The average molecular weight is 491 g/mol. The molecule has 3 atom stereocenters. The molecule has 34 heavy (non-hydrogen) atoms. The van der Waals surface area contributed by atoms with Gasteiger partial charge in [0.15, 0.2) is 17.7 Å². The van der Waals surface area contributed by atoms with Crippen molar-refractivity contribution in [1.29, 1.82) is 0 Å². The monoisotopic (exact) mass is 490 g/mol. The highest BCUT2D eigenvalue weighted by Crippen LogP contribution is 2.50. The number of ether oxygens (including phenoxy) is 2. The van der Waals surface area contributed by atoms with Gasteiger partial charge in [-0.3, -0.25) is 0 Å². The highest BCUT2D eigenvalue weighted by molar-refractivity contribution is 7.10. The van der Waals surface area contributed by atoms with Gasteiger partial charge in [-0.1, -0.05) is 23.4 Å². The number of nitrogens with zero attached hydrogens (tertiary/aromatic N) is 2. The maximum Gasteiger partial charge on any atom is 0.573 e. The van der Waals surface area contributed by atoms with Crippen molar-refractivity contribution in [2.75, 3.05) is 7.11 Å². The highest BCUT2D eigenvalue weighted by atomic mass is 32.1. The van der Waals surface area contributed by atoms with Crippen LogP contribution in [0.15, 0.2) is 59.1 Å². The Kier molecular flexibility index (Phi) is 5.65. The van der Waals surface area contributed by atoms with Gasteiger partial charge < -0.3 is 19.4 Å². The number of alkyl halides is 3. The second-order valence-electron chi connectivity index (χ2n) is 8.14. The summed E-state index contributed by atoms with van der Waals surface area (Å²) in [6, 6.07) is 13.1. The summed E-state index contributed by atoms with van der Waals surface area (Å²) in [4.78, 5) is 8.93. The summed E-state index contributed by atoms with van der Waals surface area (Å²) in [5.41, 5.74) is 3.18. The molecular formula is C24H21F3N2O4S. The van der Waals surface area contributed by atoms with Crippen molar-refractivity contribution in [3.63, 3.8) is 0 Å². The van der Waals surface area contributed by atoms with E-state index in [1.54, 1.807) is 23.5 Å². The van der Waals surface area contributed by atoms with Crippen molar-refractivity contribution in [3.05, 3.63) is 75.5 Å². The summed E-state index contributed by atoms with van der Waals surface area (Å²) in [5.74, 6) is -0.168. The van der Waals surface area contributed by atoms with Crippen LogP contribution in [-0.2, 0) is 11.4 Å². The van der Waals surface area contributed by atoms with Gasteiger partial charge in [0.05, 0.1) is 24.8 Å². The van der Waals surface area contributed by atoms with E-state index in [1.165, 1.54) is 25.3 Å². The van der Waals surface area contributed by atoms with Crippen LogP contribution in [0.1, 0.15) is 40.5 Å². The zero-order valence-electron chi connectivity index (χ0n) is 18.2. The zero-order chi connectivity index (χ0) is 24.0. The molecule has 1 aromatic heterocycles. The van der Waals surface area contributed by atoms with E-state index in [9.17, 15) is 18.3 Å². The summed E-state index contributed by atoms with van der Waals surface area (Å²) in [5, 5.41) is 16.7. The predicted molar refractivity (Wildman–Crippen MR) is 120 cm³/mol. The smallest absolute Gasteiger partial charge is 0.504 e.